The number of carbonyl (C=O) groups is 1. The van der Waals surface area contributed by atoms with E-state index in [4.69, 9.17) is 9.47 Å². The number of rotatable bonds is 2. The summed E-state index contributed by atoms with van der Waals surface area (Å²) in [5.41, 5.74) is 0.0824. The third kappa shape index (κ3) is 2.29. The predicted molar refractivity (Wildman–Crippen MR) is 44.7 cm³/mol. The van der Waals surface area contributed by atoms with Gasteiger partial charge in [0.05, 0.1) is 19.1 Å². The first kappa shape index (κ1) is 9.68. The van der Waals surface area contributed by atoms with Gasteiger partial charge in [0.2, 0.25) is 0 Å². The van der Waals surface area contributed by atoms with Crippen LogP contribution in [0.5, 0.6) is 0 Å². The van der Waals surface area contributed by atoms with Crippen LogP contribution in [0.3, 0.4) is 0 Å². The molecule has 0 aliphatic carbocycles. The number of hydrogen-bond donors (Lipinski definition) is 0. The molecule has 1 heterocycles. The smallest absolute Gasteiger partial charge is 0.166 e. The van der Waals surface area contributed by atoms with E-state index in [-0.39, 0.29) is 17.6 Å². The molecule has 0 N–H and O–H groups in total. The summed E-state index contributed by atoms with van der Waals surface area (Å²) in [6.07, 6.45) is 0.527. The molecule has 0 aromatic rings. The van der Waals surface area contributed by atoms with Crippen molar-refractivity contribution in [2.75, 3.05) is 13.2 Å². The second-order valence-corrected chi connectivity index (χ2v) is 4.15. The highest BCUT2D eigenvalue weighted by atomic mass is 16.7. The van der Waals surface area contributed by atoms with Gasteiger partial charge in [0.1, 0.15) is 6.29 Å². The maximum atomic E-state index is 10.4. The molecule has 1 atom stereocenters. The highest BCUT2D eigenvalue weighted by molar-refractivity contribution is 5.53. The topological polar surface area (TPSA) is 35.5 Å². The van der Waals surface area contributed by atoms with Gasteiger partial charge in [-0.3, -0.25) is 0 Å². The molecule has 0 bridgehead atoms. The monoisotopic (exact) mass is 172 g/mol. The van der Waals surface area contributed by atoms with Crippen molar-refractivity contribution in [3.8, 4) is 0 Å². The first-order valence-electron chi connectivity index (χ1n) is 4.24. The van der Waals surface area contributed by atoms with Crippen LogP contribution in [0.25, 0.3) is 0 Å². The molecule has 12 heavy (non-hydrogen) atoms. The Morgan fingerprint density at radius 3 is 2.33 bits per heavy atom. The Bertz CT molecular complexity index is 155. The average molecular weight is 172 g/mol. The van der Waals surface area contributed by atoms with Crippen LogP contribution in [-0.2, 0) is 14.3 Å². The van der Waals surface area contributed by atoms with Crippen LogP contribution in [-0.4, -0.2) is 25.8 Å². The standard InChI is InChI=1S/C9H16O3/c1-7(4-10)8-11-5-9(2,3)6-12-8/h4,7-8H,5-6H2,1-3H3/t7-/m0/s1. The van der Waals surface area contributed by atoms with Gasteiger partial charge in [-0.25, -0.2) is 0 Å². The maximum absolute atomic E-state index is 10.4. The van der Waals surface area contributed by atoms with Crippen molar-refractivity contribution >= 4 is 6.29 Å². The average Bonchev–Trinajstić information content (AvgIpc) is 2.03. The summed E-state index contributed by atoms with van der Waals surface area (Å²) in [6, 6.07) is 0. The van der Waals surface area contributed by atoms with Gasteiger partial charge in [-0.1, -0.05) is 20.8 Å². The Kier molecular flexibility index (Phi) is 2.85. The summed E-state index contributed by atoms with van der Waals surface area (Å²) in [5.74, 6) is -0.166. The van der Waals surface area contributed by atoms with Crippen molar-refractivity contribution in [2.24, 2.45) is 11.3 Å². The molecule has 1 rings (SSSR count). The van der Waals surface area contributed by atoms with Gasteiger partial charge in [0.25, 0.3) is 0 Å². The molecule has 0 radical (unpaired) electrons. The fourth-order valence-electron chi connectivity index (χ4n) is 1.07. The van der Waals surface area contributed by atoms with Gasteiger partial charge < -0.3 is 14.3 Å². The highest BCUT2D eigenvalue weighted by Gasteiger charge is 2.30. The van der Waals surface area contributed by atoms with Crippen molar-refractivity contribution in [1.82, 2.24) is 0 Å². The van der Waals surface area contributed by atoms with Crippen LogP contribution in [0.4, 0.5) is 0 Å². The van der Waals surface area contributed by atoms with Crippen molar-refractivity contribution in [3.63, 3.8) is 0 Å². The molecule has 1 aliphatic rings. The molecular formula is C9H16O3. The minimum absolute atomic E-state index is 0.0824. The van der Waals surface area contributed by atoms with Gasteiger partial charge in [0.15, 0.2) is 6.29 Å². The van der Waals surface area contributed by atoms with Gasteiger partial charge in [0, 0.05) is 5.41 Å². The lowest BCUT2D eigenvalue weighted by Gasteiger charge is -2.35. The predicted octanol–water partition coefficient (Wildman–Crippen LogP) is 1.22. The fraction of sp³-hybridized carbons (Fsp3) is 0.889. The highest BCUT2D eigenvalue weighted by Crippen LogP contribution is 2.25. The van der Waals surface area contributed by atoms with E-state index < -0.39 is 0 Å². The lowest BCUT2D eigenvalue weighted by atomic mass is 9.95. The van der Waals surface area contributed by atoms with Gasteiger partial charge in [-0.05, 0) is 0 Å². The SMILES string of the molecule is C[C@@H](C=O)C1OCC(C)(C)CO1. The number of ether oxygens (including phenoxy) is 2. The molecule has 0 saturated carbocycles. The zero-order valence-corrected chi connectivity index (χ0v) is 7.87. The molecule has 3 nitrogen and oxygen atoms in total. The molecule has 0 spiro atoms. The number of carbonyl (C=O) groups excluding carboxylic acids is 1. The lowest BCUT2D eigenvalue weighted by molar-refractivity contribution is -0.236. The second kappa shape index (κ2) is 3.54. The molecule has 1 aliphatic heterocycles. The van der Waals surface area contributed by atoms with E-state index in [1.807, 2.05) is 0 Å². The van der Waals surface area contributed by atoms with Crippen LogP contribution < -0.4 is 0 Å². The normalized spacial score (nSPS) is 26.6. The number of hydrogen-bond acceptors (Lipinski definition) is 3. The minimum atomic E-state index is -0.337. The molecule has 0 aromatic carbocycles. The number of aldehydes is 1. The van der Waals surface area contributed by atoms with Crippen molar-refractivity contribution < 1.29 is 14.3 Å². The summed E-state index contributed by atoms with van der Waals surface area (Å²) in [6.45, 7) is 7.28. The molecule has 0 aromatic heterocycles. The lowest BCUT2D eigenvalue weighted by Crippen LogP contribution is -2.41. The molecule has 1 fully saturated rings. The molecule has 3 heteroatoms. The van der Waals surface area contributed by atoms with Crippen LogP contribution >= 0.6 is 0 Å². The van der Waals surface area contributed by atoms with Gasteiger partial charge >= 0.3 is 0 Å². The summed E-state index contributed by atoms with van der Waals surface area (Å²) >= 11 is 0. The molecule has 0 amide bonds. The summed E-state index contributed by atoms with van der Waals surface area (Å²) in [7, 11) is 0. The van der Waals surface area contributed by atoms with Crippen LogP contribution in [0.2, 0.25) is 0 Å². The van der Waals surface area contributed by atoms with Crippen LogP contribution in [0, 0.1) is 11.3 Å². The summed E-state index contributed by atoms with van der Waals surface area (Å²) in [4.78, 5) is 10.4. The van der Waals surface area contributed by atoms with Gasteiger partial charge in [-0.15, -0.1) is 0 Å². The summed E-state index contributed by atoms with van der Waals surface area (Å²) < 4.78 is 10.8. The largest absolute Gasteiger partial charge is 0.351 e. The Hall–Kier alpha value is -0.410. The van der Waals surface area contributed by atoms with Crippen molar-refractivity contribution in [1.29, 1.82) is 0 Å². The minimum Gasteiger partial charge on any atom is -0.351 e. The third-order valence-electron chi connectivity index (χ3n) is 1.92. The third-order valence-corrected chi connectivity index (χ3v) is 1.92. The van der Waals surface area contributed by atoms with Crippen LogP contribution in [0.1, 0.15) is 20.8 Å². The first-order chi connectivity index (χ1) is 5.55. The van der Waals surface area contributed by atoms with E-state index in [2.05, 4.69) is 13.8 Å². The van der Waals surface area contributed by atoms with E-state index in [1.54, 1.807) is 6.92 Å². The molecule has 1 saturated heterocycles. The molecular weight excluding hydrogens is 156 g/mol. The first-order valence-corrected chi connectivity index (χ1v) is 4.24. The second-order valence-electron chi connectivity index (χ2n) is 4.15. The van der Waals surface area contributed by atoms with E-state index in [0.29, 0.717) is 13.2 Å². The quantitative estimate of drug-likeness (QED) is 0.587. The zero-order chi connectivity index (χ0) is 9.19. The van der Waals surface area contributed by atoms with E-state index in [1.165, 1.54) is 0 Å². The van der Waals surface area contributed by atoms with Gasteiger partial charge in [-0.2, -0.15) is 0 Å². The van der Waals surface area contributed by atoms with Crippen molar-refractivity contribution in [2.45, 2.75) is 27.1 Å². The summed E-state index contributed by atoms with van der Waals surface area (Å²) in [5, 5.41) is 0. The Morgan fingerprint density at radius 2 is 1.92 bits per heavy atom. The Balaban J connectivity index is 2.40. The Morgan fingerprint density at radius 1 is 1.42 bits per heavy atom. The fourth-order valence-corrected chi connectivity index (χ4v) is 1.07. The molecule has 70 valence electrons. The van der Waals surface area contributed by atoms with E-state index in [0.717, 1.165) is 6.29 Å². The zero-order valence-electron chi connectivity index (χ0n) is 7.87. The molecule has 0 unspecified atom stereocenters. The maximum Gasteiger partial charge on any atom is 0.166 e. The Labute approximate surface area is 73.0 Å². The van der Waals surface area contributed by atoms with Crippen molar-refractivity contribution in [3.05, 3.63) is 0 Å². The van der Waals surface area contributed by atoms with E-state index >= 15 is 0 Å². The van der Waals surface area contributed by atoms with Crippen LogP contribution in [0.15, 0.2) is 0 Å². The van der Waals surface area contributed by atoms with E-state index in [9.17, 15) is 4.79 Å².